The topological polar surface area (TPSA) is 0 Å². The van der Waals surface area contributed by atoms with Crippen molar-refractivity contribution >= 4 is 0 Å². The summed E-state index contributed by atoms with van der Waals surface area (Å²) in [4.78, 5) is 0. The molecule has 84 valence electrons. The fraction of sp³-hybridized carbons (Fsp3) is 1.00. The predicted octanol–water partition coefficient (Wildman–Crippen LogP) is 5.22. The van der Waals surface area contributed by atoms with Crippen molar-refractivity contribution in [1.29, 1.82) is 0 Å². The quantitative estimate of drug-likeness (QED) is 0.574. The zero-order chi connectivity index (χ0) is 11.1. The van der Waals surface area contributed by atoms with Gasteiger partial charge in [-0.25, -0.2) is 0 Å². The van der Waals surface area contributed by atoms with Crippen molar-refractivity contribution in [1.82, 2.24) is 0 Å². The Balaban J connectivity index is -0.000000125. The normalized spacial score (nSPS) is 8.31. The van der Waals surface area contributed by atoms with Gasteiger partial charge in [0.05, 0.1) is 6.67 Å². The molecular weight excluding hydrogens is 163 g/mol. The minimum absolute atomic E-state index is 0.181. The van der Waals surface area contributed by atoms with Gasteiger partial charge in [-0.3, -0.25) is 4.39 Å². The summed E-state index contributed by atoms with van der Waals surface area (Å²) in [5.74, 6) is 0.898. The van der Waals surface area contributed by atoms with Crippen molar-refractivity contribution in [3.05, 3.63) is 0 Å². The first-order valence-electron chi connectivity index (χ1n) is 5.66. The molecule has 0 aromatic carbocycles. The van der Waals surface area contributed by atoms with Gasteiger partial charge in [0, 0.05) is 0 Å². The van der Waals surface area contributed by atoms with Crippen LogP contribution in [0.4, 0.5) is 4.39 Å². The van der Waals surface area contributed by atoms with E-state index < -0.39 is 0 Å². The van der Waals surface area contributed by atoms with Gasteiger partial charge in [-0.05, 0) is 12.3 Å². The van der Waals surface area contributed by atoms with Crippen LogP contribution in [0.3, 0.4) is 0 Å². The van der Waals surface area contributed by atoms with Crippen LogP contribution in [0.2, 0.25) is 0 Å². The lowest BCUT2D eigenvalue weighted by molar-refractivity contribution is 0.487. The van der Waals surface area contributed by atoms with Gasteiger partial charge in [0.25, 0.3) is 0 Å². The number of halogens is 1. The molecule has 0 amide bonds. The number of hydrogen-bond donors (Lipinski definition) is 0. The van der Waals surface area contributed by atoms with E-state index in [2.05, 4.69) is 34.6 Å². The summed E-state index contributed by atoms with van der Waals surface area (Å²) < 4.78 is 10.7. The highest BCUT2D eigenvalue weighted by Crippen LogP contribution is 2.00. The zero-order valence-electron chi connectivity index (χ0n) is 10.5. The second-order valence-corrected chi connectivity index (χ2v) is 3.58. The molecule has 0 radical (unpaired) electrons. The molecule has 0 saturated heterocycles. The third-order valence-corrected chi connectivity index (χ3v) is 1.06. The van der Waals surface area contributed by atoms with Gasteiger partial charge in [0.1, 0.15) is 0 Å². The molecular formula is C12H29F. The average Bonchev–Trinajstić information content (AvgIpc) is 2.06. The first-order chi connectivity index (χ1) is 6.10. The van der Waals surface area contributed by atoms with Crippen LogP contribution in [0.25, 0.3) is 0 Å². The SMILES string of the molecule is CCC.CCCC(C)C.CCCF. The molecule has 0 aliphatic heterocycles. The minimum atomic E-state index is -0.181. The smallest absolute Gasteiger partial charge is 0.0891 e. The monoisotopic (exact) mass is 192 g/mol. The van der Waals surface area contributed by atoms with E-state index in [0.29, 0.717) is 6.42 Å². The fourth-order valence-electron chi connectivity index (χ4n) is 0.577. The third kappa shape index (κ3) is 76.2. The maximum absolute atomic E-state index is 10.7. The largest absolute Gasteiger partial charge is 0.251 e. The summed E-state index contributed by atoms with van der Waals surface area (Å²) in [5.41, 5.74) is 0. The number of hydrogen-bond acceptors (Lipinski definition) is 0. The van der Waals surface area contributed by atoms with Crippen molar-refractivity contribution in [2.45, 2.75) is 67.2 Å². The van der Waals surface area contributed by atoms with Crippen molar-refractivity contribution in [2.24, 2.45) is 5.92 Å². The molecule has 0 unspecified atom stereocenters. The molecule has 0 fully saturated rings. The fourth-order valence-corrected chi connectivity index (χ4v) is 0.577. The summed E-state index contributed by atoms with van der Waals surface area (Å²) in [6.45, 7) is 12.6. The molecule has 0 rings (SSSR count). The predicted molar refractivity (Wildman–Crippen MR) is 62.0 cm³/mol. The van der Waals surface area contributed by atoms with Crippen LogP contribution in [-0.4, -0.2) is 6.67 Å². The molecule has 0 aromatic rings. The summed E-state index contributed by atoms with van der Waals surface area (Å²) in [6.07, 6.45) is 4.61. The molecule has 0 heterocycles. The van der Waals surface area contributed by atoms with Gasteiger partial charge in [-0.1, -0.05) is 60.8 Å². The van der Waals surface area contributed by atoms with Gasteiger partial charge in [-0.15, -0.1) is 0 Å². The Kier molecular flexibility index (Phi) is 32.5. The van der Waals surface area contributed by atoms with Crippen LogP contribution in [-0.2, 0) is 0 Å². The maximum Gasteiger partial charge on any atom is 0.0891 e. The highest BCUT2D eigenvalue weighted by atomic mass is 19.1. The highest BCUT2D eigenvalue weighted by Gasteiger charge is 1.85. The molecule has 0 atom stereocenters. The Morgan fingerprint density at radius 2 is 1.23 bits per heavy atom. The Labute approximate surface area is 84.9 Å². The van der Waals surface area contributed by atoms with Crippen LogP contribution < -0.4 is 0 Å². The first-order valence-corrected chi connectivity index (χ1v) is 5.66. The third-order valence-electron chi connectivity index (χ3n) is 1.06. The molecule has 13 heavy (non-hydrogen) atoms. The summed E-state index contributed by atoms with van der Waals surface area (Å²) >= 11 is 0. The highest BCUT2D eigenvalue weighted by molar-refractivity contribution is 4.38. The lowest BCUT2D eigenvalue weighted by Gasteiger charge is -1.95. The van der Waals surface area contributed by atoms with E-state index in [1.165, 1.54) is 19.3 Å². The van der Waals surface area contributed by atoms with Gasteiger partial charge in [0.15, 0.2) is 0 Å². The van der Waals surface area contributed by atoms with Crippen LogP contribution in [0, 0.1) is 5.92 Å². The Morgan fingerprint density at radius 1 is 0.923 bits per heavy atom. The lowest BCUT2D eigenvalue weighted by Crippen LogP contribution is -1.81. The molecule has 0 aliphatic carbocycles. The lowest BCUT2D eigenvalue weighted by atomic mass is 10.1. The molecule has 0 N–H and O–H groups in total. The van der Waals surface area contributed by atoms with Crippen LogP contribution >= 0.6 is 0 Å². The van der Waals surface area contributed by atoms with Gasteiger partial charge in [0.2, 0.25) is 0 Å². The minimum Gasteiger partial charge on any atom is -0.251 e. The molecule has 0 saturated carbocycles. The number of rotatable bonds is 3. The maximum atomic E-state index is 10.7. The summed E-state index contributed by atoms with van der Waals surface area (Å²) in [7, 11) is 0. The summed E-state index contributed by atoms with van der Waals surface area (Å²) in [6, 6.07) is 0. The Bertz CT molecular complexity index is 49.1. The Morgan fingerprint density at radius 3 is 1.23 bits per heavy atom. The zero-order valence-corrected chi connectivity index (χ0v) is 10.5. The van der Waals surface area contributed by atoms with Gasteiger partial charge < -0.3 is 0 Å². The van der Waals surface area contributed by atoms with E-state index in [9.17, 15) is 4.39 Å². The van der Waals surface area contributed by atoms with E-state index in [0.717, 1.165) is 5.92 Å². The first kappa shape index (κ1) is 18.7. The molecule has 1 heteroatoms. The van der Waals surface area contributed by atoms with Gasteiger partial charge in [-0.2, -0.15) is 0 Å². The van der Waals surface area contributed by atoms with Crippen molar-refractivity contribution in [3.63, 3.8) is 0 Å². The summed E-state index contributed by atoms with van der Waals surface area (Å²) in [5, 5.41) is 0. The van der Waals surface area contributed by atoms with Crippen molar-refractivity contribution in [2.75, 3.05) is 6.67 Å². The van der Waals surface area contributed by atoms with Crippen LogP contribution in [0.15, 0.2) is 0 Å². The van der Waals surface area contributed by atoms with E-state index in [-0.39, 0.29) is 6.67 Å². The van der Waals surface area contributed by atoms with E-state index in [1.807, 2.05) is 0 Å². The van der Waals surface area contributed by atoms with Crippen molar-refractivity contribution < 1.29 is 4.39 Å². The second kappa shape index (κ2) is 22.7. The standard InChI is InChI=1S/C6H14.C3H7F.C3H8/c1-4-5-6(2)3;1-2-3-4;1-3-2/h6H,4-5H2,1-3H3;2-3H2,1H3;3H2,1-2H3. The van der Waals surface area contributed by atoms with E-state index in [1.54, 1.807) is 6.92 Å². The average molecular weight is 192 g/mol. The molecule has 0 aromatic heterocycles. The van der Waals surface area contributed by atoms with E-state index >= 15 is 0 Å². The Hall–Kier alpha value is -0.0700. The van der Waals surface area contributed by atoms with Crippen LogP contribution in [0.1, 0.15) is 67.2 Å². The molecule has 0 nitrogen and oxygen atoms in total. The molecule has 0 bridgehead atoms. The molecule has 0 spiro atoms. The van der Waals surface area contributed by atoms with Crippen molar-refractivity contribution in [3.8, 4) is 0 Å². The van der Waals surface area contributed by atoms with Gasteiger partial charge >= 0.3 is 0 Å². The number of alkyl halides is 1. The molecule has 0 aliphatic rings. The van der Waals surface area contributed by atoms with E-state index in [4.69, 9.17) is 0 Å². The second-order valence-electron chi connectivity index (χ2n) is 3.58. The van der Waals surface area contributed by atoms with Crippen LogP contribution in [0.5, 0.6) is 0 Å².